The van der Waals surface area contributed by atoms with Gasteiger partial charge < -0.3 is 10.3 Å². The van der Waals surface area contributed by atoms with Crippen LogP contribution in [0.3, 0.4) is 0 Å². The van der Waals surface area contributed by atoms with Crippen molar-refractivity contribution >= 4 is 16.8 Å². The first-order chi connectivity index (χ1) is 13.2. The van der Waals surface area contributed by atoms with E-state index in [4.69, 9.17) is 0 Å². The molecule has 1 heterocycles. The van der Waals surface area contributed by atoms with E-state index in [1.54, 1.807) is 12.1 Å². The van der Waals surface area contributed by atoms with Gasteiger partial charge in [0.15, 0.2) is 0 Å². The lowest BCUT2D eigenvalue weighted by atomic mass is 10.0. The van der Waals surface area contributed by atoms with Crippen LogP contribution in [0, 0.1) is 17.7 Å². The summed E-state index contributed by atoms with van der Waals surface area (Å²) in [6.07, 6.45) is 4.88. The summed E-state index contributed by atoms with van der Waals surface area (Å²) in [5.41, 5.74) is 3.13. The van der Waals surface area contributed by atoms with E-state index in [1.807, 2.05) is 24.3 Å². The largest absolute Gasteiger partial charge is 0.350 e. The number of carbonyl (C=O) groups is 1. The zero-order valence-corrected chi connectivity index (χ0v) is 15.6. The van der Waals surface area contributed by atoms with E-state index >= 15 is 0 Å². The van der Waals surface area contributed by atoms with Gasteiger partial charge in [-0.05, 0) is 48.4 Å². The highest BCUT2D eigenvalue weighted by Crippen LogP contribution is 2.34. The molecule has 2 aromatic carbocycles. The van der Waals surface area contributed by atoms with Gasteiger partial charge in [0.2, 0.25) is 0 Å². The molecule has 1 amide bonds. The Balaban J connectivity index is 1.62. The van der Waals surface area contributed by atoms with Gasteiger partial charge in [0, 0.05) is 23.0 Å². The first-order valence-corrected chi connectivity index (χ1v) is 9.80. The minimum atomic E-state index is -0.281. The van der Waals surface area contributed by atoms with Crippen LogP contribution in [-0.4, -0.2) is 17.4 Å². The van der Waals surface area contributed by atoms with Gasteiger partial charge >= 0.3 is 0 Å². The number of benzene rings is 2. The number of para-hydroxylation sites is 1. The Hall–Kier alpha value is -2.62. The molecule has 27 heavy (non-hydrogen) atoms. The summed E-state index contributed by atoms with van der Waals surface area (Å²) < 4.78 is 13.4. The molecule has 1 aromatic heterocycles. The van der Waals surface area contributed by atoms with Gasteiger partial charge in [-0.3, -0.25) is 4.79 Å². The standard InChI is InChI=1S/C23H25FN2O/c1-2-15-7-8-16(13-15)14-25-23(27)22-21(17-9-11-18(24)12-10-17)19-5-3-4-6-20(19)26-22/h3-6,9-12,15-16,26H,2,7-8,13-14H2,1H3,(H,25,27)/t15-,16?/m1/s1. The molecule has 3 nitrogen and oxygen atoms in total. The van der Waals surface area contributed by atoms with Crippen molar-refractivity contribution in [1.82, 2.24) is 10.3 Å². The average molecular weight is 364 g/mol. The summed E-state index contributed by atoms with van der Waals surface area (Å²) in [5.74, 6) is 0.995. The maximum atomic E-state index is 13.4. The summed E-state index contributed by atoms with van der Waals surface area (Å²) in [7, 11) is 0. The van der Waals surface area contributed by atoms with Gasteiger partial charge in [-0.25, -0.2) is 4.39 Å². The second-order valence-electron chi connectivity index (χ2n) is 7.59. The number of aromatic amines is 1. The van der Waals surface area contributed by atoms with E-state index < -0.39 is 0 Å². The first kappa shape index (κ1) is 17.8. The molecule has 0 aliphatic heterocycles. The lowest BCUT2D eigenvalue weighted by Gasteiger charge is -2.12. The lowest BCUT2D eigenvalue weighted by Crippen LogP contribution is -2.29. The van der Waals surface area contributed by atoms with Crippen molar-refractivity contribution in [3.05, 3.63) is 60.0 Å². The Morgan fingerprint density at radius 2 is 1.85 bits per heavy atom. The minimum Gasteiger partial charge on any atom is -0.350 e. The number of hydrogen-bond acceptors (Lipinski definition) is 1. The number of carbonyl (C=O) groups excluding carboxylic acids is 1. The Morgan fingerprint density at radius 1 is 1.11 bits per heavy atom. The van der Waals surface area contributed by atoms with E-state index in [9.17, 15) is 9.18 Å². The highest BCUT2D eigenvalue weighted by atomic mass is 19.1. The minimum absolute atomic E-state index is 0.0922. The third-order valence-corrected chi connectivity index (χ3v) is 5.84. The molecular weight excluding hydrogens is 339 g/mol. The van der Waals surface area contributed by atoms with E-state index in [1.165, 1.54) is 37.8 Å². The van der Waals surface area contributed by atoms with Crippen molar-refractivity contribution in [2.75, 3.05) is 6.54 Å². The Labute approximate surface area is 159 Å². The fourth-order valence-electron chi connectivity index (χ4n) is 4.29. The Morgan fingerprint density at radius 3 is 2.59 bits per heavy atom. The highest BCUT2D eigenvalue weighted by Gasteiger charge is 2.25. The predicted molar refractivity (Wildman–Crippen MR) is 107 cm³/mol. The number of aromatic nitrogens is 1. The molecule has 1 saturated carbocycles. The topological polar surface area (TPSA) is 44.9 Å². The molecule has 140 valence electrons. The van der Waals surface area contributed by atoms with Crippen LogP contribution in [0.1, 0.15) is 43.1 Å². The third kappa shape index (κ3) is 3.61. The van der Waals surface area contributed by atoms with Crippen LogP contribution >= 0.6 is 0 Å². The van der Waals surface area contributed by atoms with Crippen LogP contribution in [-0.2, 0) is 0 Å². The normalized spacial score (nSPS) is 19.5. The van der Waals surface area contributed by atoms with E-state index in [2.05, 4.69) is 17.2 Å². The molecule has 0 spiro atoms. The van der Waals surface area contributed by atoms with Crippen molar-refractivity contribution in [3.8, 4) is 11.1 Å². The van der Waals surface area contributed by atoms with E-state index in [0.29, 0.717) is 18.2 Å². The van der Waals surface area contributed by atoms with Crippen molar-refractivity contribution in [3.63, 3.8) is 0 Å². The summed E-state index contributed by atoms with van der Waals surface area (Å²) in [6.45, 7) is 2.96. The number of rotatable bonds is 5. The monoisotopic (exact) mass is 364 g/mol. The molecule has 1 aliphatic carbocycles. The Bertz CT molecular complexity index is 945. The van der Waals surface area contributed by atoms with Crippen LogP contribution in [0.25, 0.3) is 22.0 Å². The number of amides is 1. The van der Waals surface area contributed by atoms with E-state index in [-0.39, 0.29) is 11.7 Å². The number of fused-ring (bicyclic) bond motifs is 1. The van der Waals surface area contributed by atoms with Gasteiger partial charge in [-0.2, -0.15) is 0 Å². The van der Waals surface area contributed by atoms with Crippen LogP contribution in [0.2, 0.25) is 0 Å². The molecule has 0 radical (unpaired) electrons. The van der Waals surface area contributed by atoms with Gasteiger partial charge in [0.25, 0.3) is 5.91 Å². The summed E-state index contributed by atoms with van der Waals surface area (Å²) >= 11 is 0. The average Bonchev–Trinajstić information content (AvgIpc) is 3.31. The summed E-state index contributed by atoms with van der Waals surface area (Å²) in [5, 5.41) is 4.10. The lowest BCUT2D eigenvalue weighted by molar-refractivity contribution is 0.0943. The number of hydrogen-bond donors (Lipinski definition) is 2. The number of nitrogens with one attached hydrogen (secondary N) is 2. The highest BCUT2D eigenvalue weighted by molar-refractivity contribution is 6.09. The molecule has 0 bridgehead atoms. The molecule has 2 N–H and O–H groups in total. The molecule has 4 heteroatoms. The van der Waals surface area contributed by atoms with Crippen LogP contribution < -0.4 is 5.32 Å². The number of H-pyrrole nitrogens is 1. The predicted octanol–water partition coefficient (Wildman–Crippen LogP) is 5.53. The smallest absolute Gasteiger partial charge is 0.268 e. The molecule has 1 fully saturated rings. The zero-order valence-electron chi connectivity index (χ0n) is 15.6. The van der Waals surface area contributed by atoms with Crippen LogP contribution in [0.4, 0.5) is 4.39 Å². The first-order valence-electron chi connectivity index (χ1n) is 9.80. The fraction of sp³-hybridized carbons (Fsp3) is 0.348. The maximum absolute atomic E-state index is 13.4. The quantitative estimate of drug-likeness (QED) is 0.614. The Kier molecular flexibility index (Phi) is 4.97. The van der Waals surface area contributed by atoms with Crippen LogP contribution in [0.15, 0.2) is 48.5 Å². The second-order valence-corrected chi connectivity index (χ2v) is 7.59. The summed E-state index contributed by atoms with van der Waals surface area (Å²) in [6, 6.07) is 14.2. The number of halogens is 1. The molecule has 2 atom stereocenters. The van der Waals surface area contributed by atoms with Crippen molar-refractivity contribution in [1.29, 1.82) is 0 Å². The SMILES string of the molecule is CC[C@@H]1CCC(CNC(=O)c2[nH]c3ccccc3c2-c2ccc(F)cc2)C1. The van der Waals surface area contributed by atoms with Gasteiger partial charge in [-0.1, -0.05) is 50.1 Å². The summed E-state index contributed by atoms with van der Waals surface area (Å²) in [4.78, 5) is 16.2. The van der Waals surface area contributed by atoms with E-state index in [0.717, 1.165) is 27.9 Å². The van der Waals surface area contributed by atoms with Crippen molar-refractivity contribution in [2.24, 2.45) is 11.8 Å². The second kappa shape index (κ2) is 7.55. The molecular formula is C23H25FN2O. The molecule has 1 unspecified atom stereocenters. The van der Waals surface area contributed by atoms with Gasteiger partial charge in [-0.15, -0.1) is 0 Å². The zero-order chi connectivity index (χ0) is 18.8. The fourth-order valence-corrected chi connectivity index (χ4v) is 4.29. The molecule has 3 aromatic rings. The van der Waals surface area contributed by atoms with Crippen molar-refractivity contribution in [2.45, 2.75) is 32.6 Å². The maximum Gasteiger partial charge on any atom is 0.268 e. The molecule has 4 rings (SSSR count). The van der Waals surface area contributed by atoms with Gasteiger partial charge in [0.1, 0.15) is 11.5 Å². The molecule has 1 aliphatic rings. The molecule has 0 saturated heterocycles. The third-order valence-electron chi connectivity index (χ3n) is 5.84. The van der Waals surface area contributed by atoms with Crippen molar-refractivity contribution < 1.29 is 9.18 Å². The van der Waals surface area contributed by atoms with Crippen LogP contribution in [0.5, 0.6) is 0 Å². The van der Waals surface area contributed by atoms with Gasteiger partial charge in [0.05, 0.1) is 0 Å².